The Bertz CT molecular complexity index is 537. The van der Waals surface area contributed by atoms with Crippen molar-refractivity contribution in [3.63, 3.8) is 0 Å². The van der Waals surface area contributed by atoms with Crippen molar-refractivity contribution in [3.05, 3.63) is 24.1 Å². The van der Waals surface area contributed by atoms with Crippen molar-refractivity contribution in [2.75, 3.05) is 5.75 Å². The molecule has 0 atom stereocenters. The van der Waals surface area contributed by atoms with Crippen LogP contribution in [0.15, 0.2) is 22.1 Å². The van der Waals surface area contributed by atoms with Gasteiger partial charge in [0.25, 0.3) is 0 Å². The third-order valence-corrected chi connectivity index (χ3v) is 3.14. The highest BCUT2D eigenvalue weighted by Gasteiger charge is 2.08. The lowest BCUT2D eigenvalue weighted by Crippen LogP contribution is -2.05. The predicted molar refractivity (Wildman–Crippen MR) is 63.3 cm³/mol. The van der Waals surface area contributed by atoms with Gasteiger partial charge in [0, 0.05) is 32.3 Å². The number of rotatable bonds is 6. The molecule has 96 valence electrons. The summed E-state index contributed by atoms with van der Waals surface area (Å²) in [5.41, 5.74) is 0. The third-order valence-electron chi connectivity index (χ3n) is 2.15. The molecule has 1 N–H and O–H groups in total. The Hall–Kier alpha value is -1.83. The maximum Gasteiger partial charge on any atom is 0.313 e. The van der Waals surface area contributed by atoms with Crippen molar-refractivity contribution in [2.24, 2.45) is 0 Å². The number of hydrogen-bond acceptors (Lipinski definition) is 6. The van der Waals surface area contributed by atoms with E-state index in [0.717, 1.165) is 0 Å². The number of hydrogen-bond donors (Lipinski definition) is 1. The number of thioether (sulfide) groups is 1. The van der Waals surface area contributed by atoms with Gasteiger partial charge in [-0.25, -0.2) is 4.98 Å². The molecular formula is C10H12N4O3S. The van der Waals surface area contributed by atoms with E-state index in [0.29, 0.717) is 29.8 Å². The van der Waals surface area contributed by atoms with Crippen LogP contribution in [0.25, 0.3) is 0 Å². The molecule has 0 aliphatic heterocycles. The Morgan fingerprint density at radius 2 is 2.44 bits per heavy atom. The molecule has 0 saturated carbocycles. The SMILES string of the molecule is Cc1nc(CCn2ccnc2SCC(=O)O)no1. The van der Waals surface area contributed by atoms with Gasteiger partial charge in [-0.15, -0.1) is 0 Å². The van der Waals surface area contributed by atoms with Gasteiger partial charge in [-0.3, -0.25) is 4.79 Å². The normalized spacial score (nSPS) is 10.7. The molecule has 7 nitrogen and oxygen atoms in total. The van der Waals surface area contributed by atoms with Crippen molar-refractivity contribution in [1.82, 2.24) is 19.7 Å². The van der Waals surface area contributed by atoms with Crippen LogP contribution >= 0.6 is 11.8 Å². The molecule has 0 spiro atoms. The number of aliphatic carboxylic acids is 1. The van der Waals surface area contributed by atoms with E-state index < -0.39 is 5.97 Å². The lowest BCUT2D eigenvalue weighted by molar-refractivity contribution is -0.133. The van der Waals surface area contributed by atoms with Crippen LogP contribution in [0.2, 0.25) is 0 Å². The lowest BCUT2D eigenvalue weighted by Gasteiger charge is -2.04. The molecular weight excluding hydrogens is 256 g/mol. The van der Waals surface area contributed by atoms with Gasteiger partial charge in [0.1, 0.15) is 0 Å². The predicted octanol–water partition coefficient (Wildman–Crippen LogP) is 0.994. The topological polar surface area (TPSA) is 94.0 Å². The first kappa shape index (κ1) is 12.6. The molecule has 0 aliphatic rings. The second-order valence-corrected chi connectivity index (χ2v) is 4.51. The zero-order chi connectivity index (χ0) is 13.0. The van der Waals surface area contributed by atoms with E-state index in [4.69, 9.17) is 9.63 Å². The summed E-state index contributed by atoms with van der Waals surface area (Å²) in [5.74, 6) is 0.313. The zero-order valence-corrected chi connectivity index (χ0v) is 10.6. The molecule has 0 saturated heterocycles. The van der Waals surface area contributed by atoms with Crippen molar-refractivity contribution < 1.29 is 14.4 Å². The second kappa shape index (κ2) is 5.67. The molecule has 2 rings (SSSR count). The quantitative estimate of drug-likeness (QED) is 0.781. The van der Waals surface area contributed by atoms with Crippen LogP contribution in [0.4, 0.5) is 0 Å². The summed E-state index contributed by atoms with van der Waals surface area (Å²) in [6, 6.07) is 0. The number of carbonyl (C=O) groups is 1. The maximum absolute atomic E-state index is 10.5. The molecule has 2 aromatic rings. The number of aryl methyl sites for hydroxylation is 3. The standard InChI is InChI=1S/C10H12N4O3S/c1-7-12-8(13-17-7)2-4-14-5-3-11-10(14)18-6-9(15)16/h3,5H,2,4,6H2,1H3,(H,15,16). The molecule has 0 aromatic carbocycles. The number of imidazole rings is 1. The number of aromatic nitrogens is 4. The van der Waals surface area contributed by atoms with Crippen molar-refractivity contribution in [1.29, 1.82) is 0 Å². The van der Waals surface area contributed by atoms with Gasteiger partial charge in [-0.1, -0.05) is 16.9 Å². The van der Waals surface area contributed by atoms with Crippen molar-refractivity contribution in [2.45, 2.75) is 25.0 Å². The van der Waals surface area contributed by atoms with Gasteiger partial charge in [0.05, 0.1) is 5.75 Å². The minimum absolute atomic E-state index is 0.00165. The molecule has 2 heterocycles. The van der Waals surface area contributed by atoms with Crippen LogP contribution < -0.4 is 0 Å². The summed E-state index contributed by atoms with van der Waals surface area (Å²) in [6.45, 7) is 2.38. The average Bonchev–Trinajstić information content (AvgIpc) is 2.92. The fourth-order valence-corrected chi connectivity index (χ4v) is 2.10. The van der Waals surface area contributed by atoms with Crippen LogP contribution in [-0.4, -0.2) is 36.5 Å². The van der Waals surface area contributed by atoms with Gasteiger partial charge < -0.3 is 14.2 Å². The lowest BCUT2D eigenvalue weighted by atomic mass is 10.4. The van der Waals surface area contributed by atoms with Crippen LogP contribution in [0.3, 0.4) is 0 Å². The number of carboxylic acid groups (broad SMARTS) is 1. The van der Waals surface area contributed by atoms with E-state index in [1.165, 1.54) is 11.8 Å². The van der Waals surface area contributed by atoms with E-state index >= 15 is 0 Å². The molecule has 0 fully saturated rings. The average molecular weight is 268 g/mol. The zero-order valence-electron chi connectivity index (χ0n) is 9.74. The van der Waals surface area contributed by atoms with Crippen LogP contribution in [-0.2, 0) is 17.8 Å². The van der Waals surface area contributed by atoms with Crippen LogP contribution in [0, 0.1) is 6.92 Å². The minimum atomic E-state index is -0.858. The third kappa shape index (κ3) is 3.33. The van der Waals surface area contributed by atoms with Gasteiger partial charge in [0.2, 0.25) is 5.89 Å². The highest BCUT2D eigenvalue weighted by molar-refractivity contribution is 7.99. The molecule has 0 amide bonds. The monoisotopic (exact) mass is 268 g/mol. The molecule has 18 heavy (non-hydrogen) atoms. The van der Waals surface area contributed by atoms with E-state index in [2.05, 4.69) is 15.1 Å². The smallest absolute Gasteiger partial charge is 0.313 e. The van der Waals surface area contributed by atoms with Gasteiger partial charge >= 0.3 is 5.97 Å². The number of carboxylic acids is 1. The van der Waals surface area contributed by atoms with Gasteiger partial charge in [-0.05, 0) is 0 Å². The summed E-state index contributed by atoms with van der Waals surface area (Å²) >= 11 is 1.19. The Morgan fingerprint density at radius 1 is 1.61 bits per heavy atom. The largest absolute Gasteiger partial charge is 0.481 e. The molecule has 8 heteroatoms. The first-order valence-corrected chi connectivity index (χ1v) is 6.28. The highest BCUT2D eigenvalue weighted by Crippen LogP contribution is 2.15. The van der Waals surface area contributed by atoms with E-state index in [1.807, 2.05) is 4.57 Å². The van der Waals surface area contributed by atoms with Gasteiger partial charge in [-0.2, -0.15) is 4.98 Å². The Morgan fingerprint density at radius 3 is 3.11 bits per heavy atom. The summed E-state index contributed by atoms with van der Waals surface area (Å²) in [4.78, 5) is 18.7. The summed E-state index contributed by atoms with van der Waals surface area (Å²) in [7, 11) is 0. The molecule has 0 bridgehead atoms. The molecule has 0 radical (unpaired) electrons. The first-order chi connectivity index (χ1) is 8.65. The Kier molecular flexibility index (Phi) is 3.98. The van der Waals surface area contributed by atoms with E-state index in [-0.39, 0.29) is 5.75 Å². The summed E-state index contributed by atoms with van der Waals surface area (Å²) < 4.78 is 6.75. The first-order valence-electron chi connectivity index (χ1n) is 5.30. The fourth-order valence-electron chi connectivity index (χ4n) is 1.40. The summed E-state index contributed by atoms with van der Waals surface area (Å²) in [5, 5.41) is 13.1. The summed E-state index contributed by atoms with van der Waals surface area (Å²) in [6.07, 6.45) is 4.07. The van der Waals surface area contributed by atoms with Crippen molar-refractivity contribution >= 4 is 17.7 Å². The molecule has 0 aliphatic carbocycles. The highest BCUT2D eigenvalue weighted by atomic mass is 32.2. The fraction of sp³-hybridized carbons (Fsp3) is 0.400. The Balaban J connectivity index is 1.93. The van der Waals surface area contributed by atoms with Crippen LogP contribution in [0.5, 0.6) is 0 Å². The van der Waals surface area contributed by atoms with E-state index in [9.17, 15) is 4.79 Å². The van der Waals surface area contributed by atoms with Crippen LogP contribution in [0.1, 0.15) is 11.7 Å². The van der Waals surface area contributed by atoms with E-state index in [1.54, 1.807) is 19.3 Å². The van der Waals surface area contributed by atoms with Gasteiger partial charge in [0.15, 0.2) is 11.0 Å². The minimum Gasteiger partial charge on any atom is -0.481 e. The molecule has 0 unspecified atom stereocenters. The second-order valence-electron chi connectivity index (χ2n) is 3.57. The maximum atomic E-state index is 10.5. The molecule has 2 aromatic heterocycles. The number of nitrogens with zero attached hydrogens (tertiary/aromatic N) is 4. The van der Waals surface area contributed by atoms with Crippen molar-refractivity contribution in [3.8, 4) is 0 Å². The Labute approximate surface area is 107 Å².